The summed E-state index contributed by atoms with van der Waals surface area (Å²) in [7, 11) is 0. The van der Waals surface area contributed by atoms with Gasteiger partial charge >= 0.3 is 0 Å². The molecule has 2 N–H and O–H groups in total. The third-order valence-corrected chi connectivity index (χ3v) is 4.42. The minimum atomic E-state index is -0.241. The summed E-state index contributed by atoms with van der Waals surface area (Å²) in [5, 5.41) is 6.19. The van der Waals surface area contributed by atoms with Crippen LogP contribution in [0.15, 0.2) is 47.4 Å². The van der Waals surface area contributed by atoms with E-state index >= 15 is 0 Å². The Morgan fingerprint density at radius 1 is 1.29 bits per heavy atom. The molecule has 0 radical (unpaired) electrons. The highest BCUT2D eigenvalue weighted by atomic mass is 32.2. The molecule has 1 aliphatic heterocycles. The van der Waals surface area contributed by atoms with Crippen molar-refractivity contribution >= 4 is 29.0 Å². The number of carbonyl (C=O) groups is 1. The van der Waals surface area contributed by atoms with Gasteiger partial charge in [-0.15, -0.1) is 11.8 Å². The summed E-state index contributed by atoms with van der Waals surface area (Å²) in [6.45, 7) is 1.97. The number of halogens is 1. The van der Waals surface area contributed by atoms with Crippen molar-refractivity contribution in [3.8, 4) is 0 Å². The molecule has 0 aliphatic carbocycles. The van der Waals surface area contributed by atoms with Crippen molar-refractivity contribution in [3.63, 3.8) is 0 Å². The molecule has 1 heterocycles. The van der Waals surface area contributed by atoms with Crippen LogP contribution in [0.1, 0.15) is 18.5 Å². The fraction of sp³-hybridized carbons (Fsp3) is 0.188. The number of carbonyl (C=O) groups excluding carboxylic acids is 1. The van der Waals surface area contributed by atoms with Crippen LogP contribution >= 0.6 is 11.8 Å². The molecule has 0 saturated carbocycles. The van der Waals surface area contributed by atoms with Gasteiger partial charge in [0, 0.05) is 16.6 Å². The number of hydrogen-bond acceptors (Lipinski definition) is 3. The Balaban J connectivity index is 1.79. The topological polar surface area (TPSA) is 41.1 Å². The van der Waals surface area contributed by atoms with Gasteiger partial charge in [-0.3, -0.25) is 4.79 Å². The molecule has 0 spiro atoms. The van der Waals surface area contributed by atoms with Gasteiger partial charge < -0.3 is 10.6 Å². The van der Waals surface area contributed by atoms with Crippen molar-refractivity contribution < 1.29 is 9.18 Å². The van der Waals surface area contributed by atoms with E-state index in [0.29, 0.717) is 5.75 Å². The highest BCUT2D eigenvalue weighted by Crippen LogP contribution is 2.34. The molecule has 1 atom stereocenters. The van der Waals surface area contributed by atoms with Crippen LogP contribution in [0.2, 0.25) is 0 Å². The van der Waals surface area contributed by atoms with Crippen LogP contribution in [-0.2, 0) is 4.79 Å². The Morgan fingerprint density at radius 2 is 2.14 bits per heavy atom. The molecule has 1 unspecified atom stereocenters. The van der Waals surface area contributed by atoms with E-state index in [9.17, 15) is 9.18 Å². The summed E-state index contributed by atoms with van der Waals surface area (Å²) in [5.41, 5.74) is 2.60. The number of rotatable bonds is 3. The van der Waals surface area contributed by atoms with E-state index < -0.39 is 0 Å². The van der Waals surface area contributed by atoms with Crippen molar-refractivity contribution in [1.82, 2.24) is 0 Å². The molecular formula is C16H15FN2OS. The van der Waals surface area contributed by atoms with Gasteiger partial charge in [0.1, 0.15) is 5.82 Å². The van der Waals surface area contributed by atoms with Gasteiger partial charge in [-0.2, -0.15) is 0 Å². The molecule has 0 saturated heterocycles. The average Bonchev–Trinajstić information content (AvgIpc) is 2.46. The summed E-state index contributed by atoms with van der Waals surface area (Å²) >= 11 is 1.53. The van der Waals surface area contributed by atoms with Crippen molar-refractivity contribution in [1.29, 1.82) is 0 Å². The Kier molecular flexibility index (Phi) is 3.84. The third kappa shape index (κ3) is 3.19. The Bertz CT molecular complexity index is 690. The smallest absolute Gasteiger partial charge is 0.234 e. The second-order valence-electron chi connectivity index (χ2n) is 4.97. The molecule has 0 bridgehead atoms. The lowest BCUT2D eigenvalue weighted by molar-refractivity contribution is -0.113. The standard InChI is InChI=1S/C16H15FN2OS/c1-10(11-3-2-4-12(17)7-11)18-13-5-6-15-14(8-13)19-16(20)9-21-15/h2-8,10,18H,9H2,1H3,(H,19,20). The maximum atomic E-state index is 13.3. The van der Waals surface area contributed by atoms with E-state index in [1.54, 1.807) is 6.07 Å². The Hall–Kier alpha value is -2.01. The van der Waals surface area contributed by atoms with Crippen LogP contribution in [-0.4, -0.2) is 11.7 Å². The van der Waals surface area contributed by atoms with Gasteiger partial charge in [-0.05, 0) is 42.8 Å². The molecule has 2 aromatic rings. The van der Waals surface area contributed by atoms with Gasteiger partial charge in [0.25, 0.3) is 0 Å². The number of amides is 1. The zero-order valence-electron chi connectivity index (χ0n) is 11.5. The predicted molar refractivity (Wildman–Crippen MR) is 84.2 cm³/mol. The van der Waals surface area contributed by atoms with Gasteiger partial charge in [0.05, 0.1) is 11.4 Å². The number of benzene rings is 2. The first-order valence-electron chi connectivity index (χ1n) is 6.70. The first kappa shape index (κ1) is 13.9. The van der Waals surface area contributed by atoms with Crippen molar-refractivity contribution in [2.75, 3.05) is 16.4 Å². The molecule has 0 aromatic heterocycles. The molecular weight excluding hydrogens is 287 g/mol. The van der Waals surface area contributed by atoms with Crippen molar-refractivity contribution in [2.45, 2.75) is 17.9 Å². The minimum Gasteiger partial charge on any atom is -0.378 e. The van der Waals surface area contributed by atoms with Gasteiger partial charge in [0.15, 0.2) is 0 Å². The SMILES string of the molecule is CC(Nc1ccc2c(c1)NC(=O)CS2)c1cccc(F)c1. The van der Waals surface area contributed by atoms with E-state index in [4.69, 9.17) is 0 Å². The number of hydrogen-bond donors (Lipinski definition) is 2. The minimum absolute atomic E-state index is 0.0165. The van der Waals surface area contributed by atoms with Crippen molar-refractivity contribution in [3.05, 3.63) is 53.8 Å². The van der Waals surface area contributed by atoms with E-state index in [1.165, 1.54) is 23.9 Å². The van der Waals surface area contributed by atoms with Gasteiger partial charge in [-0.1, -0.05) is 12.1 Å². The van der Waals surface area contributed by atoms with Crippen LogP contribution in [0.3, 0.4) is 0 Å². The summed E-state index contributed by atoms with van der Waals surface area (Å²) in [6, 6.07) is 12.4. The first-order valence-corrected chi connectivity index (χ1v) is 7.69. The lowest BCUT2D eigenvalue weighted by Crippen LogP contribution is -2.18. The lowest BCUT2D eigenvalue weighted by Gasteiger charge is -2.20. The third-order valence-electron chi connectivity index (χ3n) is 3.34. The van der Waals surface area contributed by atoms with Crippen molar-refractivity contribution in [2.24, 2.45) is 0 Å². The molecule has 1 amide bonds. The maximum absolute atomic E-state index is 13.3. The molecule has 108 valence electrons. The van der Waals surface area contributed by atoms with Crippen LogP contribution < -0.4 is 10.6 Å². The average molecular weight is 302 g/mol. The van der Waals surface area contributed by atoms with E-state index in [0.717, 1.165) is 21.8 Å². The quantitative estimate of drug-likeness (QED) is 0.899. The molecule has 3 nitrogen and oxygen atoms in total. The van der Waals surface area contributed by atoms with Crippen LogP contribution in [0, 0.1) is 5.82 Å². The Labute approximate surface area is 126 Å². The van der Waals surface area contributed by atoms with E-state index in [1.807, 2.05) is 31.2 Å². The lowest BCUT2D eigenvalue weighted by atomic mass is 10.1. The monoisotopic (exact) mass is 302 g/mol. The summed E-state index contributed by atoms with van der Waals surface area (Å²) in [6.07, 6.45) is 0. The predicted octanol–water partition coefficient (Wildman–Crippen LogP) is 4.04. The molecule has 2 aromatic carbocycles. The molecule has 5 heteroatoms. The second-order valence-corrected chi connectivity index (χ2v) is 5.99. The molecule has 0 fully saturated rings. The number of anilines is 2. The summed E-state index contributed by atoms with van der Waals surface area (Å²) < 4.78 is 13.3. The molecule has 3 rings (SSSR count). The molecule has 21 heavy (non-hydrogen) atoms. The zero-order valence-corrected chi connectivity index (χ0v) is 12.3. The number of thioether (sulfide) groups is 1. The van der Waals surface area contributed by atoms with E-state index in [-0.39, 0.29) is 17.8 Å². The zero-order chi connectivity index (χ0) is 14.8. The summed E-state index contributed by atoms with van der Waals surface area (Å²) in [5.74, 6) is 0.234. The van der Waals surface area contributed by atoms with Crippen LogP contribution in [0.4, 0.5) is 15.8 Å². The maximum Gasteiger partial charge on any atom is 0.234 e. The number of nitrogens with one attached hydrogen (secondary N) is 2. The second kappa shape index (κ2) is 5.77. The highest BCUT2D eigenvalue weighted by Gasteiger charge is 2.16. The number of fused-ring (bicyclic) bond motifs is 1. The fourth-order valence-electron chi connectivity index (χ4n) is 2.28. The van der Waals surface area contributed by atoms with Crippen LogP contribution in [0.25, 0.3) is 0 Å². The molecule has 1 aliphatic rings. The van der Waals surface area contributed by atoms with Gasteiger partial charge in [0.2, 0.25) is 5.91 Å². The Morgan fingerprint density at radius 3 is 2.95 bits per heavy atom. The summed E-state index contributed by atoms with van der Waals surface area (Å²) in [4.78, 5) is 12.5. The van der Waals surface area contributed by atoms with Crippen LogP contribution in [0.5, 0.6) is 0 Å². The normalized spacial score (nSPS) is 15.0. The van der Waals surface area contributed by atoms with E-state index in [2.05, 4.69) is 10.6 Å². The highest BCUT2D eigenvalue weighted by molar-refractivity contribution is 8.00. The fourth-order valence-corrected chi connectivity index (χ4v) is 3.07. The van der Waals surface area contributed by atoms with Gasteiger partial charge in [-0.25, -0.2) is 4.39 Å². The largest absolute Gasteiger partial charge is 0.378 e. The first-order chi connectivity index (χ1) is 10.1.